The zero-order valence-corrected chi connectivity index (χ0v) is 21.8. The first-order chi connectivity index (χ1) is 18.3. The molecule has 0 saturated carbocycles. The fourth-order valence-corrected chi connectivity index (χ4v) is 3.94. The number of Topliss-reactive ketones (excluding diaryl/α,β-unsaturated/α-hetero) is 1. The molecule has 1 heterocycles. The van der Waals surface area contributed by atoms with E-state index in [9.17, 15) is 36.7 Å². The lowest BCUT2D eigenvalue weighted by Crippen LogP contribution is -2.48. The van der Waals surface area contributed by atoms with Gasteiger partial charge in [0.1, 0.15) is 12.6 Å². The molecular formula is C26H24ClF4N3O5. The van der Waals surface area contributed by atoms with Gasteiger partial charge in [0.15, 0.2) is 23.2 Å². The number of hydrogen-bond acceptors (Lipinski definition) is 5. The van der Waals surface area contributed by atoms with Gasteiger partial charge in [-0.05, 0) is 30.0 Å². The molecule has 0 radical (unpaired) electrons. The molecular weight excluding hydrogens is 546 g/mol. The van der Waals surface area contributed by atoms with Crippen LogP contribution in [0.5, 0.6) is 5.75 Å². The number of pyridine rings is 1. The Morgan fingerprint density at radius 3 is 2.28 bits per heavy atom. The number of halogens is 5. The number of carbonyl (C=O) groups is 3. The number of benzene rings is 2. The van der Waals surface area contributed by atoms with Crippen LogP contribution in [0, 0.1) is 23.3 Å². The molecule has 2 aromatic carbocycles. The Hall–Kier alpha value is -3.93. The van der Waals surface area contributed by atoms with Crippen molar-refractivity contribution in [1.29, 1.82) is 0 Å². The number of fused-ring (bicyclic) bond motifs is 1. The number of aromatic nitrogens is 1. The third kappa shape index (κ3) is 6.56. The molecule has 0 aliphatic carbocycles. The fourth-order valence-electron chi connectivity index (χ4n) is 3.77. The molecule has 39 heavy (non-hydrogen) atoms. The second-order valence-corrected chi connectivity index (χ2v) is 9.23. The van der Waals surface area contributed by atoms with Gasteiger partial charge in [-0.1, -0.05) is 24.6 Å². The van der Waals surface area contributed by atoms with E-state index in [4.69, 9.17) is 16.3 Å². The van der Waals surface area contributed by atoms with Crippen LogP contribution in [0.25, 0.3) is 10.8 Å². The van der Waals surface area contributed by atoms with Gasteiger partial charge in [-0.25, -0.2) is 8.78 Å². The maximum atomic E-state index is 13.9. The van der Waals surface area contributed by atoms with Crippen LogP contribution < -0.4 is 15.6 Å². The molecule has 8 nitrogen and oxygen atoms in total. The zero-order chi connectivity index (χ0) is 29.0. The van der Waals surface area contributed by atoms with Gasteiger partial charge >= 0.3 is 0 Å². The van der Waals surface area contributed by atoms with Crippen molar-refractivity contribution < 1.29 is 36.7 Å². The third-order valence-corrected chi connectivity index (χ3v) is 6.17. The van der Waals surface area contributed by atoms with Crippen LogP contribution in [0.15, 0.2) is 41.3 Å². The minimum Gasteiger partial charge on any atom is -0.479 e. The standard InChI is InChI=1S/C26H24ClF4N3O5/c1-4-19(34-8-7-13-5-6-14(27)9-15(13)26(34)38)25(37)32-18(11-21(36)33(2)3)20(35)12-39-24-22(30)16(28)10-17(29)23(24)31/h5-10,18-19H,4,11-12H2,1-3H3,(H,32,37)/t18?,19-/m0/s1. The molecule has 0 fully saturated rings. The van der Waals surface area contributed by atoms with E-state index < -0.39 is 77.3 Å². The predicted octanol–water partition coefficient (Wildman–Crippen LogP) is 3.77. The lowest BCUT2D eigenvalue weighted by molar-refractivity contribution is -0.135. The largest absolute Gasteiger partial charge is 0.479 e. The van der Waals surface area contributed by atoms with Crippen LogP contribution >= 0.6 is 11.6 Å². The number of nitrogens with one attached hydrogen (secondary N) is 1. The molecule has 0 aliphatic rings. The summed E-state index contributed by atoms with van der Waals surface area (Å²) in [6.45, 7) is 0.488. The van der Waals surface area contributed by atoms with Crippen molar-refractivity contribution in [3.05, 3.63) is 75.2 Å². The molecule has 208 valence electrons. The topological polar surface area (TPSA) is 97.7 Å². The molecule has 1 N–H and O–H groups in total. The lowest BCUT2D eigenvalue weighted by Gasteiger charge is -2.24. The monoisotopic (exact) mass is 569 g/mol. The van der Waals surface area contributed by atoms with E-state index in [1.165, 1.54) is 26.4 Å². The molecule has 1 aromatic heterocycles. The van der Waals surface area contributed by atoms with E-state index in [1.54, 1.807) is 25.1 Å². The van der Waals surface area contributed by atoms with E-state index >= 15 is 0 Å². The van der Waals surface area contributed by atoms with Crippen molar-refractivity contribution in [3.63, 3.8) is 0 Å². The first kappa shape index (κ1) is 29.6. The molecule has 2 atom stereocenters. The number of rotatable bonds is 10. The van der Waals surface area contributed by atoms with Gasteiger partial charge in [0.05, 0.1) is 12.5 Å². The molecule has 0 saturated heterocycles. The summed E-state index contributed by atoms with van der Waals surface area (Å²) in [7, 11) is 2.80. The van der Waals surface area contributed by atoms with Crippen LogP contribution in [0.3, 0.4) is 0 Å². The summed E-state index contributed by atoms with van der Waals surface area (Å²) in [4.78, 5) is 52.7. The Kier molecular flexibility index (Phi) is 9.33. The van der Waals surface area contributed by atoms with Gasteiger partial charge in [0, 0.05) is 36.8 Å². The van der Waals surface area contributed by atoms with Crippen LogP contribution in [-0.2, 0) is 14.4 Å². The molecule has 0 aliphatic heterocycles. The Labute approximate surface area is 225 Å². The number of ether oxygens (including phenoxy) is 1. The highest BCUT2D eigenvalue weighted by molar-refractivity contribution is 6.31. The van der Waals surface area contributed by atoms with Crippen molar-refractivity contribution in [2.24, 2.45) is 0 Å². The van der Waals surface area contributed by atoms with E-state index in [0.717, 1.165) is 9.47 Å². The summed E-state index contributed by atoms with van der Waals surface area (Å²) >= 11 is 6.01. The van der Waals surface area contributed by atoms with Crippen molar-refractivity contribution in [2.75, 3.05) is 20.7 Å². The summed E-state index contributed by atoms with van der Waals surface area (Å²) in [6.07, 6.45) is 0.944. The molecule has 13 heteroatoms. The van der Waals surface area contributed by atoms with E-state index in [0.29, 0.717) is 10.4 Å². The number of carbonyl (C=O) groups excluding carboxylic acids is 3. The van der Waals surface area contributed by atoms with Crippen molar-refractivity contribution in [1.82, 2.24) is 14.8 Å². The summed E-state index contributed by atoms with van der Waals surface area (Å²) in [5.41, 5.74) is -0.522. The summed E-state index contributed by atoms with van der Waals surface area (Å²) in [6, 6.07) is 3.61. The normalized spacial score (nSPS) is 12.6. The molecule has 3 aromatic rings. The second kappa shape index (κ2) is 12.3. The second-order valence-electron chi connectivity index (χ2n) is 8.79. The minimum absolute atomic E-state index is 0.0221. The predicted molar refractivity (Wildman–Crippen MR) is 135 cm³/mol. The Morgan fingerprint density at radius 1 is 1.05 bits per heavy atom. The van der Waals surface area contributed by atoms with Crippen molar-refractivity contribution in [2.45, 2.75) is 31.8 Å². The van der Waals surface area contributed by atoms with E-state index in [1.807, 2.05) is 0 Å². The van der Waals surface area contributed by atoms with Crippen molar-refractivity contribution in [3.8, 4) is 5.75 Å². The first-order valence-electron chi connectivity index (χ1n) is 11.6. The highest BCUT2D eigenvalue weighted by atomic mass is 35.5. The van der Waals surface area contributed by atoms with Gasteiger partial charge in [-0.2, -0.15) is 8.78 Å². The third-order valence-electron chi connectivity index (χ3n) is 5.93. The number of hydrogen-bond donors (Lipinski definition) is 1. The average Bonchev–Trinajstić information content (AvgIpc) is 2.88. The fraction of sp³-hybridized carbons (Fsp3) is 0.308. The highest BCUT2D eigenvalue weighted by Gasteiger charge is 2.30. The average molecular weight is 570 g/mol. The maximum absolute atomic E-state index is 13.9. The SMILES string of the molecule is CC[C@@H](C(=O)NC(CC(=O)N(C)C)C(=O)COc1c(F)c(F)cc(F)c1F)n1ccc2ccc(Cl)cc2c1=O. The quantitative estimate of drug-likeness (QED) is 0.296. The summed E-state index contributed by atoms with van der Waals surface area (Å²) in [5.74, 6) is -11.1. The maximum Gasteiger partial charge on any atom is 0.259 e. The van der Waals surface area contributed by atoms with Gasteiger partial charge < -0.3 is 19.5 Å². The molecule has 0 bridgehead atoms. The van der Waals surface area contributed by atoms with E-state index in [-0.39, 0.29) is 17.9 Å². The number of nitrogens with zero attached hydrogens (tertiary/aromatic N) is 2. The zero-order valence-electron chi connectivity index (χ0n) is 21.1. The lowest BCUT2D eigenvalue weighted by atomic mass is 10.1. The van der Waals surface area contributed by atoms with Gasteiger partial charge in [0.2, 0.25) is 23.4 Å². The summed E-state index contributed by atoms with van der Waals surface area (Å²) in [5, 5.41) is 3.55. The number of amides is 2. The van der Waals surface area contributed by atoms with Crippen LogP contribution in [-0.4, -0.2) is 53.8 Å². The van der Waals surface area contributed by atoms with Crippen LogP contribution in [0.4, 0.5) is 17.6 Å². The number of ketones is 1. The van der Waals surface area contributed by atoms with Gasteiger partial charge in [0.25, 0.3) is 5.56 Å². The van der Waals surface area contributed by atoms with E-state index in [2.05, 4.69) is 5.32 Å². The smallest absolute Gasteiger partial charge is 0.259 e. The van der Waals surface area contributed by atoms with Gasteiger partial charge in [-0.15, -0.1) is 0 Å². The van der Waals surface area contributed by atoms with Crippen molar-refractivity contribution >= 4 is 40.0 Å². The first-order valence-corrected chi connectivity index (χ1v) is 12.0. The Morgan fingerprint density at radius 2 is 1.69 bits per heavy atom. The van der Waals surface area contributed by atoms with Crippen LogP contribution in [0.1, 0.15) is 25.8 Å². The molecule has 3 rings (SSSR count). The summed E-state index contributed by atoms with van der Waals surface area (Å²) < 4.78 is 60.7. The Bertz CT molecular complexity index is 1470. The molecule has 1 unspecified atom stereocenters. The highest BCUT2D eigenvalue weighted by Crippen LogP contribution is 2.26. The Balaban J connectivity index is 1.88. The molecule has 2 amide bonds. The molecule has 0 spiro atoms. The van der Waals surface area contributed by atoms with Crippen LogP contribution in [0.2, 0.25) is 5.02 Å². The minimum atomic E-state index is -1.85. The van der Waals surface area contributed by atoms with Gasteiger partial charge in [-0.3, -0.25) is 19.2 Å².